The lowest BCUT2D eigenvalue weighted by Crippen LogP contribution is -2.41. The zero-order chi connectivity index (χ0) is 15.6. The first kappa shape index (κ1) is 17.7. The standard InChI is InChI=1S/C16H20N2O4.ClH/c1-21-15(20)16-10-18(8-13(16)9-22-11-16)14(19)5-4-12-3-2-6-17-7-12;/h2-3,6-7,13H,4-5,8-11H2,1H3;1H/t13-,16-;/m0./s1. The molecule has 0 bridgehead atoms. The molecule has 0 saturated carbocycles. The lowest BCUT2D eigenvalue weighted by molar-refractivity contribution is -0.153. The topological polar surface area (TPSA) is 68.7 Å². The number of likely N-dealkylation sites (tertiary alicyclic amines) is 1. The molecule has 2 saturated heterocycles. The van der Waals surface area contributed by atoms with Gasteiger partial charge in [-0.3, -0.25) is 14.6 Å². The summed E-state index contributed by atoms with van der Waals surface area (Å²) in [5.74, 6) is -0.151. The first-order valence-corrected chi connectivity index (χ1v) is 7.48. The number of halogens is 1. The first-order valence-electron chi connectivity index (χ1n) is 7.48. The van der Waals surface area contributed by atoms with Crippen LogP contribution in [0.15, 0.2) is 24.5 Å². The van der Waals surface area contributed by atoms with Crippen LogP contribution >= 0.6 is 12.4 Å². The van der Waals surface area contributed by atoms with Crippen molar-refractivity contribution in [1.29, 1.82) is 0 Å². The van der Waals surface area contributed by atoms with E-state index in [-0.39, 0.29) is 30.2 Å². The average molecular weight is 341 g/mol. The van der Waals surface area contributed by atoms with Crippen molar-refractivity contribution in [2.75, 3.05) is 33.4 Å². The van der Waals surface area contributed by atoms with Gasteiger partial charge >= 0.3 is 5.97 Å². The minimum atomic E-state index is -0.668. The molecule has 0 aliphatic carbocycles. The molecule has 2 aliphatic heterocycles. The molecule has 7 heteroatoms. The van der Waals surface area contributed by atoms with Crippen molar-refractivity contribution < 1.29 is 19.1 Å². The molecule has 6 nitrogen and oxygen atoms in total. The lowest BCUT2D eigenvalue weighted by atomic mass is 9.81. The van der Waals surface area contributed by atoms with Gasteiger partial charge in [0, 0.05) is 37.8 Å². The number of hydrogen-bond donors (Lipinski definition) is 0. The summed E-state index contributed by atoms with van der Waals surface area (Å²) in [6, 6.07) is 3.83. The van der Waals surface area contributed by atoms with Crippen LogP contribution < -0.4 is 0 Å². The molecule has 1 aromatic rings. The molecule has 2 atom stereocenters. The summed E-state index contributed by atoms with van der Waals surface area (Å²) in [6.45, 7) is 1.83. The number of nitrogens with zero attached hydrogens (tertiary/aromatic N) is 2. The van der Waals surface area contributed by atoms with Crippen LogP contribution in [0.5, 0.6) is 0 Å². The van der Waals surface area contributed by atoms with Crippen LogP contribution in [0.1, 0.15) is 12.0 Å². The fraction of sp³-hybridized carbons (Fsp3) is 0.562. The summed E-state index contributed by atoms with van der Waals surface area (Å²) in [5.41, 5.74) is 0.375. The zero-order valence-corrected chi connectivity index (χ0v) is 13.9. The quantitative estimate of drug-likeness (QED) is 0.767. The Bertz CT molecular complexity index is 568. The van der Waals surface area contributed by atoms with Crippen molar-refractivity contribution in [2.45, 2.75) is 12.8 Å². The predicted molar refractivity (Wildman–Crippen MR) is 85.1 cm³/mol. The Labute approximate surface area is 141 Å². The smallest absolute Gasteiger partial charge is 0.316 e. The molecule has 1 aromatic heterocycles. The van der Waals surface area contributed by atoms with Crippen LogP contribution in [0.2, 0.25) is 0 Å². The normalized spacial score (nSPS) is 25.6. The maximum atomic E-state index is 12.4. The Morgan fingerprint density at radius 1 is 1.52 bits per heavy atom. The minimum absolute atomic E-state index is 0. The van der Waals surface area contributed by atoms with E-state index in [2.05, 4.69) is 4.98 Å². The van der Waals surface area contributed by atoms with E-state index in [0.29, 0.717) is 39.1 Å². The molecule has 3 heterocycles. The fourth-order valence-corrected chi connectivity index (χ4v) is 3.37. The van der Waals surface area contributed by atoms with Gasteiger partial charge in [0.25, 0.3) is 0 Å². The van der Waals surface area contributed by atoms with Crippen molar-refractivity contribution >= 4 is 24.3 Å². The number of pyridine rings is 1. The summed E-state index contributed by atoms with van der Waals surface area (Å²) in [7, 11) is 1.39. The number of aromatic nitrogens is 1. The largest absolute Gasteiger partial charge is 0.468 e. The highest BCUT2D eigenvalue weighted by atomic mass is 35.5. The van der Waals surface area contributed by atoms with Crippen molar-refractivity contribution in [1.82, 2.24) is 9.88 Å². The van der Waals surface area contributed by atoms with E-state index in [1.165, 1.54) is 7.11 Å². The Hall–Kier alpha value is -1.66. The molecule has 0 radical (unpaired) electrons. The molecule has 3 rings (SSSR count). The minimum Gasteiger partial charge on any atom is -0.468 e. The summed E-state index contributed by atoms with van der Waals surface area (Å²) in [6.07, 6.45) is 4.58. The molecule has 0 spiro atoms. The molecular formula is C16H21ClN2O4. The monoisotopic (exact) mass is 340 g/mol. The first-order chi connectivity index (χ1) is 10.7. The van der Waals surface area contributed by atoms with E-state index in [1.807, 2.05) is 12.1 Å². The number of carbonyl (C=O) groups excluding carboxylic acids is 2. The number of fused-ring (bicyclic) bond motifs is 1. The highest BCUT2D eigenvalue weighted by Gasteiger charge is 2.57. The van der Waals surface area contributed by atoms with Crippen molar-refractivity contribution in [3.05, 3.63) is 30.1 Å². The maximum absolute atomic E-state index is 12.4. The van der Waals surface area contributed by atoms with Gasteiger partial charge in [0.05, 0.1) is 20.3 Å². The molecular weight excluding hydrogens is 320 g/mol. The van der Waals surface area contributed by atoms with Gasteiger partial charge in [-0.25, -0.2) is 0 Å². The number of aryl methyl sites for hydroxylation is 1. The molecule has 1 amide bonds. The van der Waals surface area contributed by atoms with E-state index in [0.717, 1.165) is 5.56 Å². The SMILES string of the molecule is COC(=O)[C@@]12COC[C@@H]1CN(C(=O)CCc1cccnc1)C2.Cl. The fourth-order valence-electron chi connectivity index (χ4n) is 3.37. The van der Waals surface area contributed by atoms with Gasteiger partial charge in [-0.2, -0.15) is 0 Å². The van der Waals surface area contributed by atoms with Gasteiger partial charge in [-0.05, 0) is 18.1 Å². The average Bonchev–Trinajstić information content (AvgIpc) is 3.11. The van der Waals surface area contributed by atoms with E-state index in [1.54, 1.807) is 17.3 Å². The van der Waals surface area contributed by atoms with Gasteiger partial charge in [-0.1, -0.05) is 6.07 Å². The number of amides is 1. The third-order valence-electron chi connectivity index (χ3n) is 4.67. The number of ether oxygens (including phenoxy) is 2. The van der Waals surface area contributed by atoms with E-state index >= 15 is 0 Å². The molecule has 2 fully saturated rings. The van der Waals surface area contributed by atoms with Gasteiger partial charge in [-0.15, -0.1) is 12.4 Å². The third kappa shape index (κ3) is 3.33. The number of esters is 1. The predicted octanol–water partition coefficient (Wildman–Crippen LogP) is 1.08. The Kier molecular flexibility index (Phi) is 5.59. The van der Waals surface area contributed by atoms with Crippen molar-refractivity contribution in [2.24, 2.45) is 11.3 Å². The second kappa shape index (κ2) is 7.27. The van der Waals surface area contributed by atoms with Crippen LogP contribution in [0, 0.1) is 11.3 Å². The summed E-state index contributed by atoms with van der Waals surface area (Å²) in [5, 5.41) is 0. The van der Waals surface area contributed by atoms with Crippen LogP contribution in [0.25, 0.3) is 0 Å². The second-order valence-electron chi connectivity index (χ2n) is 6.00. The van der Waals surface area contributed by atoms with Crippen LogP contribution in [-0.4, -0.2) is 55.2 Å². The molecule has 23 heavy (non-hydrogen) atoms. The van der Waals surface area contributed by atoms with E-state index in [4.69, 9.17) is 9.47 Å². The van der Waals surface area contributed by atoms with E-state index in [9.17, 15) is 9.59 Å². The van der Waals surface area contributed by atoms with Crippen LogP contribution in [-0.2, 0) is 25.5 Å². The summed E-state index contributed by atoms with van der Waals surface area (Å²) < 4.78 is 10.4. The highest BCUT2D eigenvalue weighted by Crippen LogP contribution is 2.42. The second-order valence-corrected chi connectivity index (χ2v) is 6.00. The number of methoxy groups -OCH3 is 1. The number of hydrogen-bond acceptors (Lipinski definition) is 5. The lowest BCUT2D eigenvalue weighted by Gasteiger charge is -2.23. The van der Waals surface area contributed by atoms with Crippen LogP contribution in [0.4, 0.5) is 0 Å². The third-order valence-corrected chi connectivity index (χ3v) is 4.67. The van der Waals surface area contributed by atoms with E-state index < -0.39 is 5.41 Å². The Morgan fingerprint density at radius 2 is 2.35 bits per heavy atom. The van der Waals surface area contributed by atoms with Gasteiger partial charge in [0.1, 0.15) is 5.41 Å². The Balaban J connectivity index is 0.00000192. The van der Waals surface area contributed by atoms with Gasteiger partial charge < -0.3 is 14.4 Å². The summed E-state index contributed by atoms with van der Waals surface area (Å²) >= 11 is 0. The summed E-state index contributed by atoms with van der Waals surface area (Å²) in [4.78, 5) is 30.4. The van der Waals surface area contributed by atoms with Crippen molar-refractivity contribution in [3.8, 4) is 0 Å². The number of rotatable bonds is 4. The molecule has 0 N–H and O–H groups in total. The molecule has 0 unspecified atom stereocenters. The zero-order valence-electron chi connectivity index (χ0n) is 13.1. The maximum Gasteiger partial charge on any atom is 0.316 e. The molecule has 126 valence electrons. The number of carbonyl (C=O) groups is 2. The molecule has 2 aliphatic rings. The highest BCUT2D eigenvalue weighted by molar-refractivity contribution is 5.85. The van der Waals surface area contributed by atoms with Gasteiger partial charge in [0.2, 0.25) is 5.91 Å². The molecule has 0 aromatic carbocycles. The Morgan fingerprint density at radius 3 is 3.04 bits per heavy atom. The van der Waals surface area contributed by atoms with Crippen molar-refractivity contribution in [3.63, 3.8) is 0 Å². The van der Waals surface area contributed by atoms with Gasteiger partial charge in [0.15, 0.2) is 0 Å². The van der Waals surface area contributed by atoms with Crippen LogP contribution in [0.3, 0.4) is 0 Å².